The second-order valence-corrected chi connectivity index (χ2v) is 8.04. The van der Waals surface area contributed by atoms with Crippen molar-refractivity contribution in [2.24, 2.45) is 0 Å². The molecule has 0 unspecified atom stereocenters. The zero-order chi connectivity index (χ0) is 21.1. The van der Waals surface area contributed by atoms with Gasteiger partial charge in [-0.15, -0.1) is 0 Å². The van der Waals surface area contributed by atoms with Crippen LogP contribution in [0.2, 0.25) is 0 Å². The highest BCUT2D eigenvalue weighted by Crippen LogP contribution is 2.30. The predicted octanol–water partition coefficient (Wildman–Crippen LogP) is 3.93. The Labute approximate surface area is 177 Å². The van der Waals surface area contributed by atoms with E-state index >= 15 is 0 Å². The Morgan fingerprint density at radius 3 is 2.50 bits per heavy atom. The lowest BCUT2D eigenvalue weighted by Crippen LogP contribution is -2.39. The van der Waals surface area contributed by atoms with Crippen LogP contribution in [0.25, 0.3) is 11.1 Å². The number of hydrogen-bond donors (Lipinski definition) is 0. The molecule has 3 heterocycles. The number of aromatic nitrogens is 3. The summed E-state index contributed by atoms with van der Waals surface area (Å²) in [5.41, 5.74) is 4.96. The Morgan fingerprint density at radius 2 is 1.80 bits per heavy atom. The molecule has 1 aromatic carbocycles. The van der Waals surface area contributed by atoms with Crippen LogP contribution in [-0.4, -0.2) is 52.9 Å². The molecule has 4 rings (SSSR count). The van der Waals surface area contributed by atoms with Gasteiger partial charge in [-0.1, -0.05) is 30.3 Å². The summed E-state index contributed by atoms with van der Waals surface area (Å²) in [4.78, 5) is 30.1. The number of hydrogen-bond acceptors (Lipinski definition) is 5. The average molecular weight is 402 g/mol. The number of carbonyl (C=O) groups is 1. The van der Waals surface area contributed by atoms with E-state index in [9.17, 15) is 4.79 Å². The number of rotatable bonds is 4. The van der Waals surface area contributed by atoms with Crippen molar-refractivity contribution in [3.05, 3.63) is 71.8 Å². The Hall–Kier alpha value is -3.28. The number of piperidine rings is 1. The van der Waals surface area contributed by atoms with Crippen LogP contribution in [0.3, 0.4) is 0 Å². The maximum atomic E-state index is 13.0. The molecule has 154 valence electrons. The van der Waals surface area contributed by atoms with Crippen LogP contribution in [-0.2, 0) is 0 Å². The van der Waals surface area contributed by atoms with Crippen molar-refractivity contribution in [1.29, 1.82) is 0 Å². The zero-order valence-corrected chi connectivity index (χ0v) is 17.7. The summed E-state index contributed by atoms with van der Waals surface area (Å²) in [5, 5.41) is 0. The second kappa shape index (κ2) is 8.61. The first kappa shape index (κ1) is 20.0. The summed E-state index contributed by atoms with van der Waals surface area (Å²) in [6.45, 7) is 3.45. The van der Waals surface area contributed by atoms with E-state index in [2.05, 4.69) is 46.4 Å². The van der Waals surface area contributed by atoms with Crippen LogP contribution in [0, 0.1) is 6.92 Å². The second-order valence-electron chi connectivity index (χ2n) is 8.04. The minimum atomic E-state index is -0.0130. The fourth-order valence-electron chi connectivity index (χ4n) is 3.95. The quantitative estimate of drug-likeness (QED) is 0.663. The van der Waals surface area contributed by atoms with E-state index in [1.165, 1.54) is 11.1 Å². The first-order valence-corrected chi connectivity index (χ1v) is 10.3. The summed E-state index contributed by atoms with van der Waals surface area (Å²) >= 11 is 0. The van der Waals surface area contributed by atoms with Gasteiger partial charge in [0, 0.05) is 56.9 Å². The van der Waals surface area contributed by atoms with Gasteiger partial charge in [0.25, 0.3) is 5.91 Å². The lowest BCUT2D eigenvalue weighted by atomic mass is 9.92. The Kier molecular flexibility index (Phi) is 5.74. The minimum absolute atomic E-state index is 0.0130. The highest BCUT2D eigenvalue weighted by atomic mass is 16.2. The molecule has 0 saturated carbocycles. The summed E-state index contributed by atoms with van der Waals surface area (Å²) in [6.07, 6.45) is 5.23. The molecule has 1 amide bonds. The van der Waals surface area contributed by atoms with Crippen molar-refractivity contribution < 1.29 is 4.79 Å². The largest absolute Gasteiger partial charge is 0.347 e. The normalized spacial score (nSPS) is 16.4. The molecule has 30 heavy (non-hydrogen) atoms. The molecular formula is C24H27N5O. The predicted molar refractivity (Wildman–Crippen MR) is 119 cm³/mol. The third kappa shape index (κ3) is 4.32. The molecule has 1 aliphatic heterocycles. The van der Waals surface area contributed by atoms with Crippen molar-refractivity contribution in [2.45, 2.75) is 25.7 Å². The third-order valence-electron chi connectivity index (χ3n) is 5.49. The molecule has 0 spiro atoms. The maximum Gasteiger partial charge on any atom is 0.257 e. The molecule has 0 N–H and O–H groups in total. The standard InChI is InChI=1S/C24H27N5O/c1-17-12-20(18-8-5-4-6-9-18)13-22(27-17)19-10-7-11-29(16-19)23(30)21-14-25-24(26-15-21)28(2)3/h4-6,8-9,12-15,19H,7,10-11,16H2,1-3H3/t19-/m1/s1. The smallest absolute Gasteiger partial charge is 0.257 e. The van der Waals surface area contributed by atoms with Crippen LogP contribution in [0.4, 0.5) is 5.95 Å². The number of benzene rings is 1. The summed E-state index contributed by atoms with van der Waals surface area (Å²) in [5.74, 6) is 0.813. The van der Waals surface area contributed by atoms with Gasteiger partial charge >= 0.3 is 0 Å². The Morgan fingerprint density at radius 1 is 1.07 bits per heavy atom. The van der Waals surface area contributed by atoms with E-state index in [4.69, 9.17) is 4.98 Å². The molecule has 1 atom stereocenters. The fraction of sp³-hybridized carbons (Fsp3) is 0.333. The maximum absolute atomic E-state index is 13.0. The number of nitrogens with zero attached hydrogens (tertiary/aromatic N) is 5. The van der Waals surface area contributed by atoms with Crippen molar-refractivity contribution >= 4 is 11.9 Å². The summed E-state index contributed by atoms with van der Waals surface area (Å²) in [7, 11) is 3.76. The number of carbonyl (C=O) groups excluding carboxylic acids is 1. The van der Waals surface area contributed by atoms with Gasteiger partial charge in [0.1, 0.15) is 0 Å². The topological polar surface area (TPSA) is 62.2 Å². The zero-order valence-electron chi connectivity index (χ0n) is 17.7. The molecular weight excluding hydrogens is 374 g/mol. The van der Waals surface area contributed by atoms with Crippen molar-refractivity contribution in [1.82, 2.24) is 19.9 Å². The van der Waals surface area contributed by atoms with Gasteiger partial charge in [-0.2, -0.15) is 0 Å². The van der Waals surface area contributed by atoms with E-state index in [0.29, 0.717) is 18.1 Å². The molecule has 1 fully saturated rings. The van der Waals surface area contributed by atoms with Gasteiger partial charge in [-0.25, -0.2) is 9.97 Å². The van der Waals surface area contributed by atoms with E-state index < -0.39 is 0 Å². The van der Waals surface area contributed by atoms with Gasteiger partial charge in [0.15, 0.2) is 0 Å². The molecule has 6 heteroatoms. The van der Waals surface area contributed by atoms with Crippen molar-refractivity contribution in [3.8, 4) is 11.1 Å². The van der Waals surface area contributed by atoms with Crippen LogP contribution >= 0.6 is 0 Å². The van der Waals surface area contributed by atoms with Gasteiger partial charge in [-0.3, -0.25) is 9.78 Å². The van der Waals surface area contributed by atoms with E-state index in [1.54, 1.807) is 12.4 Å². The molecule has 0 radical (unpaired) electrons. The summed E-state index contributed by atoms with van der Waals surface area (Å²) < 4.78 is 0. The molecule has 0 bridgehead atoms. The van der Waals surface area contributed by atoms with Gasteiger partial charge in [0.05, 0.1) is 5.56 Å². The van der Waals surface area contributed by atoms with E-state index in [0.717, 1.165) is 30.8 Å². The minimum Gasteiger partial charge on any atom is -0.347 e. The SMILES string of the molecule is Cc1cc(-c2ccccc2)cc([C@@H]2CCCN(C(=O)c3cnc(N(C)C)nc3)C2)n1. The Balaban J connectivity index is 1.54. The highest BCUT2D eigenvalue weighted by molar-refractivity contribution is 5.93. The number of anilines is 1. The van der Waals surface area contributed by atoms with Gasteiger partial charge in [0.2, 0.25) is 5.95 Å². The molecule has 6 nitrogen and oxygen atoms in total. The molecule has 1 aliphatic rings. The lowest BCUT2D eigenvalue weighted by Gasteiger charge is -2.32. The van der Waals surface area contributed by atoms with Crippen molar-refractivity contribution in [2.75, 3.05) is 32.1 Å². The molecule has 1 saturated heterocycles. The molecule has 0 aliphatic carbocycles. The lowest BCUT2D eigenvalue weighted by molar-refractivity contribution is 0.0705. The molecule has 2 aromatic heterocycles. The third-order valence-corrected chi connectivity index (χ3v) is 5.49. The van der Waals surface area contributed by atoms with E-state index in [-0.39, 0.29) is 11.8 Å². The van der Waals surface area contributed by atoms with Crippen LogP contribution in [0.1, 0.15) is 40.5 Å². The van der Waals surface area contributed by atoms with Crippen LogP contribution < -0.4 is 4.90 Å². The summed E-state index contributed by atoms with van der Waals surface area (Å²) in [6, 6.07) is 14.7. The highest BCUT2D eigenvalue weighted by Gasteiger charge is 2.27. The Bertz CT molecular complexity index is 1020. The van der Waals surface area contributed by atoms with Crippen LogP contribution in [0.5, 0.6) is 0 Å². The number of pyridine rings is 1. The fourth-order valence-corrected chi connectivity index (χ4v) is 3.95. The first-order chi connectivity index (χ1) is 14.5. The van der Waals surface area contributed by atoms with Gasteiger partial charge < -0.3 is 9.80 Å². The first-order valence-electron chi connectivity index (χ1n) is 10.3. The number of amides is 1. The number of aryl methyl sites for hydroxylation is 1. The number of likely N-dealkylation sites (tertiary alicyclic amines) is 1. The average Bonchev–Trinajstić information content (AvgIpc) is 2.79. The monoisotopic (exact) mass is 401 g/mol. The molecule has 3 aromatic rings. The van der Waals surface area contributed by atoms with E-state index in [1.807, 2.05) is 36.9 Å². The van der Waals surface area contributed by atoms with Gasteiger partial charge in [-0.05, 0) is 43.0 Å². The van der Waals surface area contributed by atoms with Crippen molar-refractivity contribution in [3.63, 3.8) is 0 Å². The van der Waals surface area contributed by atoms with Crippen LogP contribution in [0.15, 0.2) is 54.9 Å².